The first-order valence-corrected chi connectivity index (χ1v) is 9.61. The molecule has 0 N–H and O–H groups in total. The van der Waals surface area contributed by atoms with Gasteiger partial charge >= 0.3 is 10.2 Å². The zero-order chi connectivity index (χ0) is 18.6. The van der Waals surface area contributed by atoms with Crippen LogP contribution in [0, 0.1) is 0 Å². The maximum Gasteiger partial charge on any atom is 0.323 e. The highest BCUT2D eigenvalue weighted by atomic mass is 32.2. The Balaban J connectivity index is 1.59. The minimum absolute atomic E-state index is 0.181. The third-order valence-corrected chi connectivity index (χ3v) is 5.35. The summed E-state index contributed by atoms with van der Waals surface area (Å²) in [4.78, 5) is 3.91. The molecule has 0 radical (unpaired) electrons. The Morgan fingerprint density at radius 1 is 0.962 bits per heavy atom. The summed E-state index contributed by atoms with van der Waals surface area (Å²) in [5, 5.41) is 4.06. The van der Waals surface area contributed by atoms with Crippen LogP contribution in [-0.2, 0) is 10.2 Å². The Morgan fingerprint density at radius 3 is 2.23 bits per heavy atom. The first kappa shape index (κ1) is 18.2. The Bertz CT molecular complexity index is 957. The van der Waals surface area contributed by atoms with Crippen LogP contribution < -0.4 is 8.92 Å². The molecule has 0 bridgehead atoms. The highest BCUT2D eigenvalue weighted by Crippen LogP contribution is 2.26. The number of nitrogens with zero attached hydrogens (tertiary/aromatic N) is 4. The van der Waals surface area contributed by atoms with E-state index in [-0.39, 0.29) is 5.16 Å². The van der Waals surface area contributed by atoms with Gasteiger partial charge in [-0.1, -0.05) is 18.2 Å². The lowest BCUT2D eigenvalue weighted by molar-refractivity contribution is 0.481. The summed E-state index contributed by atoms with van der Waals surface area (Å²) < 4.78 is 36.9. The van der Waals surface area contributed by atoms with Crippen molar-refractivity contribution in [2.45, 2.75) is 5.16 Å². The van der Waals surface area contributed by atoms with E-state index < -0.39 is 10.2 Å². The van der Waals surface area contributed by atoms with Gasteiger partial charge in [0.1, 0.15) is 35.6 Å². The molecule has 26 heavy (non-hydrogen) atoms. The molecule has 0 unspecified atom stereocenters. The van der Waals surface area contributed by atoms with Gasteiger partial charge in [0.2, 0.25) is 5.16 Å². The van der Waals surface area contributed by atoms with E-state index in [4.69, 9.17) is 8.92 Å². The van der Waals surface area contributed by atoms with Gasteiger partial charge in [0.15, 0.2) is 0 Å². The molecule has 0 fully saturated rings. The Kier molecular flexibility index (Phi) is 5.45. The maximum atomic E-state index is 11.9. The molecule has 0 saturated carbocycles. The third kappa shape index (κ3) is 4.34. The fourth-order valence-corrected chi connectivity index (χ4v) is 3.05. The average Bonchev–Trinajstić information content (AvgIpc) is 3.12. The van der Waals surface area contributed by atoms with Crippen LogP contribution in [0.5, 0.6) is 17.2 Å². The summed E-state index contributed by atoms with van der Waals surface area (Å²) >= 11 is 0.865. The van der Waals surface area contributed by atoms with Crippen LogP contribution in [0.4, 0.5) is 0 Å². The first-order chi connectivity index (χ1) is 12.4. The Hall–Kier alpha value is -2.56. The van der Waals surface area contributed by atoms with Gasteiger partial charge in [0.05, 0.1) is 0 Å². The quantitative estimate of drug-likeness (QED) is 0.572. The largest absolute Gasteiger partial charge is 0.457 e. The van der Waals surface area contributed by atoms with E-state index in [2.05, 4.69) is 10.1 Å². The lowest BCUT2D eigenvalue weighted by Gasteiger charge is -2.09. The van der Waals surface area contributed by atoms with E-state index in [9.17, 15) is 8.42 Å². The van der Waals surface area contributed by atoms with Gasteiger partial charge in [-0.3, -0.25) is 0 Å². The predicted molar refractivity (Wildman–Crippen MR) is 97.5 cm³/mol. The molecule has 0 atom stereocenters. The van der Waals surface area contributed by atoms with Gasteiger partial charge in [-0.05, 0) is 36.4 Å². The molecule has 2 aromatic carbocycles. The molecular weight excluding hydrogens is 376 g/mol. The lowest BCUT2D eigenvalue weighted by atomic mass is 10.3. The molecule has 10 heteroatoms. The van der Waals surface area contributed by atoms with Crippen LogP contribution in [0.15, 0.2) is 66.1 Å². The maximum absolute atomic E-state index is 11.9. The second-order valence-electron chi connectivity index (χ2n) is 5.24. The van der Waals surface area contributed by atoms with Crippen LogP contribution >= 0.6 is 12.0 Å². The minimum atomic E-state index is -3.68. The standard InChI is InChI=1S/C16H16N4O4S2/c1-19(2)26(21,22)20-12-17-16(18-20)25-24-15-10-8-14(9-11-15)23-13-6-4-3-5-7-13/h3-12H,1-2H3. The van der Waals surface area contributed by atoms with Crippen molar-refractivity contribution in [2.24, 2.45) is 0 Å². The molecule has 0 aliphatic heterocycles. The monoisotopic (exact) mass is 392 g/mol. The fourth-order valence-electron chi connectivity index (χ4n) is 1.82. The number of hydrogen-bond acceptors (Lipinski definition) is 7. The van der Waals surface area contributed by atoms with Gasteiger partial charge in [-0.25, -0.2) is 4.98 Å². The van der Waals surface area contributed by atoms with Crippen molar-refractivity contribution in [3.63, 3.8) is 0 Å². The van der Waals surface area contributed by atoms with E-state index in [0.717, 1.165) is 32.5 Å². The van der Waals surface area contributed by atoms with Crippen LogP contribution in [0.1, 0.15) is 0 Å². The van der Waals surface area contributed by atoms with Crippen LogP contribution in [0.25, 0.3) is 0 Å². The predicted octanol–water partition coefficient (Wildman–Crippen LogP) is 2.81. The number of rotatable bonds is 7. The minimum Gasteiger partial charge on any atom is -0.457 e. The Labute approximate surface area is 155 Å². The number of hydrogen-bond donors (Lipinski definition) is 0. The molecule has 3 aromatic rings. The van der Waals surface area contributed by atoms with Crippen molar-refractivity contribution >= 4 is 22.3 Å². The Morgan fingerprint density at radius 2 is 1.58 bits per heavy atom. The van der Waals surface area contributed by atoms with E-state index in [0.29, 0.717) is 11.5 Å². The summed E-state index contributed by atoms with van der Waals surface area (Å²) in [6.07, 6.45) is 1.12. The van der Waals surface area contributed by atoms with Crippen LogP contribution in [0.3, 0.4) is 0 Å². The zero-order valence-electron chi connectivity index (χ0n) is 14.0. The van der Waals surface area contributed by atoms with Crippen molar-refractivity contribution in [1.29, 1.82) is 0 Å². The average molecular weight is 392 g/mol. The number of ether oxygens (including phenoxy) is 1. The first-order valence-electron chi connectivity index (χ1n) is 7.47. The highest BCUT2D eigenvalue weighted by molar-refractivity contribution is 7.94. The molecule has 0 spiro atoms. The molecule has 0 saturated heterocycles. The zero-order valence-corrected chi connectivity index (χ0v) is 15.6. The molecule has 0 aliphatic rings. The molecule has 0 amide bonds. The van der Waals surface area contributed by atoms with E-state index in [1.54, 1.807) is 24.3 Å². The second-order valence-corrected chi connectivity index (χ2v) is 7.94. The van der Waals surface area contributed by atoms with Gasteiger partial charge in [-0.15, -0.1) is 9.19 Å². The number of benzene rings is 2. The van der Waals surface area contributed by atoms with Crippen molar-refractivity contribution in [3.8, 4) is 17.2 Å². The van der Waals surface area contributed by atoms with Gasteiger partial charge in [-0.2, -0.15) is 12.7 Å². The highest BCUT2D eigenvalue weighted by Gasteiger charge is 2.18. The van der Waals surface area contributed by atoms with E-state index >= 15 is 0 Å². The van der Waals surface area contributed by atoms with Gasteiger partial charge < -0.3 is 8.92 Å². The third-order valence-electron chi connectivity index (χ3n) is 3.16. The van der Waals surface area contributed by atoms with Gasteiger partial charge in [0, 0.05) is 14.1 Å². The molecule has 1 heterocycles. The van der Waals surface area contributed by atoms with Crippen LogP contribution in [-0.4, -0.2) is 41.0 Å². The van der Waals surface area contributed by atoms with Crippen molar-refractivity contribution in [1.82, 2.24) is 18.5 Å². The topological polar surface area (TPSA) is 86.6 Å². The number of para-hydroxylation sites is 1. The summed E-state index contributed by atoms with van der Waals surface area (Å²) in [6, 6.07) is 16.4. The van der Waals surface area contributed by atoms with E-state index in [1.165, 1.54) is 14.1 Å². The summed E-state index contributed by atoms with van der Waals surface area (Å²) in [5.41, 5.74) is 0. The molecule has 8 nitrogen and oxygen atoms in total. The molecule has 1 aromatic heterocycles. The molecule has 136 valence electrons. The SMILES string of the molecule is CN(C)S(=O)(=O)n1cnc(SOc2ccc(Oc3ccccc3)cc2)n1. The summed E-state index contributed by atoms with van der Waals surface area (Å²) in [6.45, 7) is 0. The molecular formula is C16H16N4O4S2. The lowest BCUT2D eigenvalue weighted by Crippen LogP contribution is -2.29. The fraction of sp³-hybridized carbons (Fsp3) is 0.125. The van der Waals surface area contributed by atoms with Crippen molar-refractivity contribution in [3.05, 3.63) is 60.9 Å². The normalized spacial score (nSPS) is 11.5. The van der Waals surface area contributed by atoms with Gasteiger partial charge in [0.25, 0.3) is 0 Å². The van der Waals surface area contributed by atoms with Crippen molar-refractivity contribution in [2.75, 3.05) is 14.1 Å². The summed E-state index contributed by atoms with van der Waals surface area (Å²) in [5.74, 6) is 1.97. The smallest absolute Gasteiger partial charge is 0.323 e. The summed E-state index contributed by atoms with van der Waals surface area (Å²) in [7, 11) is -0.851. The second kappa shape index (κ2) is 7.77. The van der Waals surface area contributed by atoms with E-state index in [1.807, 2.05) is 30.3 Å². The number of aromatic nitrogens is 3. The van der Waals surface area contributed by atoms with Crippen molar-refractivity contribution < 1.29 is 17.3 Å². The molecule has 3 rings (SSSR count). The molecule has 0 aliphatic carbocycles. The van der Waals surface area contributed by atoms with Crippen LogP contribution in [0.2, 0.25) is 0 Å².